The summed E-state index contributed by atoms with van der Waals surface area (Å²) in [4.78, 5) is 36.6. The number of nitro groups is 1. The van der Waals surface area contributed by atoms with Gasteiger partial charge in [0.25, 0.3) is 11.2 Å². The number of ether oxygens (including phenoxy) is 1. The number of esters is 1. The molecule has 2 aromatic carbocycles. The number of nitrogens with zero attached hydrogens (tertiary/aromatic N) is 2. The quantitative estimate of drug-likeness (QED) is 0.358. The van der Waals surface area contributed by atoms with Gasteiger partial charge < -0.3 is 4.74 Å². The molecular weight excluding hydrogens is 416 g/mol. The SMILES string of the molecule is COC(=O)C1=C(C)C=c2s/c(=C/c3cccc([N+](=O)[O-])c3)c(=O)n2C1c1ccccc1. The number of fused-ring (bicyclic) bond motifs is 1. The van der Waals surface area contributed by atoms with E-state index in [4.69, 9.17) is 4.74 Å². The summed E-state index contributed by atoms with van der Waals surface area (Å²) in [6.45, 7) is 1.82. The van der Waals surface area contributed by atoms with Crippen LogP contribution in [0.3, 0.4) is 0 Å². The van der Waals surface area contributed by atoms with Crippen molar-refractivity contribution in [2.75, 3.05) is 7.11 Å². The highest BCUT2D eigenvalue weighted by atomic mass is 32.1. The summed E-state index contributed by atoms with van der Waals surface area (Å²) in [5.74, 6) is -0.490. The number of methoxy groups -OCH3 is 1. The van der Waals surface area contributed by atoms with Gasteiger partial charge >= 0.3 is 5.97 Å². The zero-order chi connectivity index (χ0) is 22.1. The molecule has 1 aliphatic heterocycles. The van der Waals surface area contributed by atoms with Crippen molar-refractivity contribution >= 4 is 35.1 Å². The van der Waals surface area contributed by atoms with Crippen LogP contribution in [0.2, 0.25) is 0 Å². The molecule has 0 radical (unpaired) electrons. The molecule has 0 saturated heterocycles. The third-order valence-electron chi connectivity index (χ3n) is 5.08. The number of allylic oxidation sites excluding steroid dienone is 1. The number of thiazole rings is 1. The first-order chi connectivity index (χ1) is 14.9. The largest absolute Gasteiger partial charge is 0.466 e. The second kappa shape index (κ2) is 8.16. The Morgan fingerprint density at radius 3 is 2.61 bits per heavy atom. The molecule has 1 aromatic heterocycles. The highest BCUT2D eigenvalue weighted by molar-refractivity contribution is 7.07. The maximum Gasteiger partial charge on any atom is 0.336 e. The van der Waals surface area contributed by atoms with E-state index in [0.717, 1.165) is 11.1 Å². The van der Waals surface area contributed by atoms with Crippen molar-refractivity contribution in [2.24, 2.45) is 0 Å². The second-order valence-electron chi connectivity index (χ2n) is 7.02. The molecular formula is C23H18N2O5S. The smallest absolute Gasteiger partial charge is 0.336 e. The molecule has 1 aliphatic rings. The van der Waals surface area contributed by atoms with E-state index in [1.165, 1.54) is 30.6 Å². The lowest BCUT2D eigenvalue weighted by molar-refractivity contribution is -0.384. The number of hydrogen-bond acceptors (Lipinski definition) is 6. The normalized spacial score (nSPS) is 15.9. The number of carbonyl (C=O) groups is 1. The minimum Gasteiger partial charge on any atom is -0.466 e. The average Bonchev–Trinajstić information content (AvgIpc) is 3.07. The van der Waals surface area contributed by atoms with Crippen LogP contribution in [0.15, 0.2) is 70.5 Å². The Labute approximate surface area is 181 Å². The van der Waals surface area contributed by atoms with E-state index in [-0.39, 0.29) is 11.2 Å². The molecule has 0 spiro atoms. The Morgan fingerprint density at radius 1 is 1.19 bits per heavy atom. The van der Waals surface area contributed by atoms with Crippen molar-refractivity contribution in [3.05, 3.63) is 107 Å². The van der Waals surface area contributed by atoms with Gasteiger partial charge in [0.05, 0.1) is 32.8 Å². The molecule has 0 bridgehead atoms. The van der Waals surface area contributed by atoms with Crippen molar-refractivity contribution in [1.29, 1.82) is 0 Å². The van der Waals surface area contributed by atoms with Crippen LogP contribution in [0.1, 0.15) is 24.1 Å². The van der Waals surface area contributed by atoms with Crippen LogP contribution in [-0.2, 0) is 9.53 Å². The zero-order valence-corrected chi connectivity index (χ0v) is 17.6. The monoisotopic (exact) mass is 434 g/mol. The molecule has 8 heteroatoms. The first-order valence-electron chi connectivity index (χ1n) is 9.44. The van der Waals surface area contributed by atoms with Crippen LogP contribution in [0.5, 0.6) is 0 Å². The first-order valence-corrected chi connectivity index (χ1v) is 10.3. The van der Waals surface area contributed by atoms with Crippen LogP contribution < -0.4 is 14.8 Å². The lowest BCUT2D eigenvalue weighted by Gasteiger charge is -2.25. The number of aromatic nitrogens is 1. The van der Waals surface area contributed by atoms with E-state index in [2.05, 4.69) is 0 Å². The number of rotatable bonds is 4. The zero-order valence-electron chi connectivity index (χ0n) is 16.8. The fourth-order valence-corrected chi connectivity index (χ4v) is 4.81. The summed E-state index contributed by atoms with van der Waals surface area (Å²) in [6, 6.07) is 14.8. The lowest BCUT2D eigenvalue weighted by atomic mass is 9.92. The molecule has 2 heterocycles. The van der Waals surface area contributed by atoms with Gasteiger partial charge in [-0.2, -0.15) is 0 Å². The van der Waals surface area contributed by atoms with Gasteiger partial charge in [-0.1, -0.05) is 42.5 Å². The van der Waals surface area contributed by atoms with Crippen LogP contribution in [-0.4, -0.2) is 22.6 Å². The number of benzene rings is 2. The average molecular weight is 434 g/mol. The van der Waals surface area contributed by atoms with Gasteiger partial charge in [-0.05, 0) is 35.8 Å². The standard InChI is InChI=1S/C23H18N2O5S/c1-14-11-19-24(21(20(14)23(27)30-2)16-8-4-3-5-9-16)22(26)18(31-19)13-15-7-6-10-17(12-15)25(28)29/h3-13,21H,1-2H3/b18-13+. The summed E-state index contributed by atoms with van der Waals surface area (Å²) >= 11 is 1.28. The third kappa shape index (κ3) is 3.73. The molecule has 0 amide bonds. The van der Waals surface area contributed by atoms with Gasteiger partial charge in [0.1, 0.15) is 0 Å². The summed E-state index contributed by atoms with van der Waals surface area (Å²) < 4.78 is 7.71. The molecule has 3 aromatic rings. The fourth-order valence-electron chi connectivity index (χ4n) is 3.68. The molecule has 4 rings (SSSR count). The Morgan fingerprint density at radius 2 is 1.94 bits per heavy atom. The highest BCUT2D eigenvalue weighted by Crippen LogP contribution is 2.30. The maximum absolute atomic E-state index is 13.4. The van der Waals surface area contributed by atoms with E-state index < -0.39 is 16.9 Å². The summed E-state index contributed by atoms with van der Waals surface area (Å²) in [5, 5.41) is 11.1. The predicted octanol–water partition coefficient (Wildman–Crippen LogP) is 2.52. The second-order valence-corrected chi connectivity index (χ2v) is 8.08. The predicted molar refractivity (Wildman–Crippen MR) is 118 cm³/mol. The van der Waals surface area contributed by atoms with Gasteiger partial charge in [-0.25, -0.2) is 4.79 Å². The van der Waals surface area contributed by atoms with Crippen molar-refractivity contribution in [3.8, 4) is 0 Å². The highest BCUT2D eigenvalue weighted by Gasteiger charge is 2.31. The van der Waals surface area contributed by atoms with E-state index in [1.807, 2.05) is 37.3 Å². The third-order valence-corrected chi connectivity index (χ3v) is 6.11. The number of hydrogen-bond donors (Lipinski definition) is 0. The van der Waals surface area contributed by atoms with Gasteiger partial charge in [-0.3, -0.25) is 19.5 Å². The fraction of sp³-hybridized carbons (Fsp3) is 0.130. The van der Waals surface area contributed by atoms with Crippen molar-refractivity contribution in [3.63, 3.8) is 0 Å². The lowest BCUT2D eigenvalue weighted by Crippen LogP contribution is -2.39. The van der Waals surface area contributed by atoms with Crippen molar-refractivity contribution in [1.82, 2.24) is 4.57 Å². The van der Waals surface area contributed by atoms with Gasteiger partial charge in [0.2, 0.25) is 0 Å². The number of nitro benzene ring substituents is 1. The van der Waals surface area contributed by atoms with Gasteiger partial charge in [0, 0.05) is 12.1 Å². The van der Waals surface area contributed by atoms with Crippen LogP contribution in [0.4, 0.5) is 5.69 Å². The van der Waals surface area contributed by atoms with Crippen molar-refractivity contribution < 1.29 is 14.5 Å². The van der Waals surface area contributed by atoms with E-state index in [9.17, 15) is 19.7 Å². The van der Waals surface area contributed by atoms with Gasteiger partial charge in [0.15, 0.2) is 0 Å². The Bertz CT molecular complexity index is 1400. The van der Waals surface area contributed by atoms with E-state index in [1.54, 1.807) is 28.9 Å². The van der Waals surface area contributed by atoms with Crippen LogP contribution in [0, 0.1) is 10.1 Å². The topological polar surface area (TPSA) is 91.4 Å². The van der Waals surface area contributed by atoms with E-state index >= 15 is 0 Å². The Hall–Kier alpha value is -3.78. The molecule has 7 nitrogen and oxygen atoms in total. The molecule has 1 unspecified atom stereocenters. The van der Waals surface area contributed by atoms with E-state index in [0.29, 0.717) is 20.3 Å². The van der Waals surface area contributed by atoms with Crippen LogP contribution >= 0.6 is 11.3 Å². The molecule has 0 saturated carbocycles. The molecule has 31 heavy (non-hydrogen) atoms. The maximum atomic E-state index is 13.4. The summed E-state index contributed by atoms with van der Waals surface area (Å²) in [5.41, 5.74) is 2.16. The van der Waals surface area contributed by atoms with Gasteiger partial charge in [-0.15, -0.1) is 11.3 Å². The summed E-state index contributed by atoms with van der Waals surface area (Å²) in [7, 11) is 1.32. The van der Waals surface area contributed by atoms with Crippen molar-refractivity contribution in [2.45, 2.75) is 13.0 Å². The Balaban J connectivity index is 1.95. The summed E-state index contributed by atoms with van der Waals surface area (Å²) in [6.07, 6.45) is 3.43. The number of carbonyl (C=O) groups excluding carboxylic acids is 1. The van der Waals surface area contributed by atoms with Crippen LogP contribution in [0.25, 0.3) is 12.2 Å². The molecule has 0 fully saturated rings. The first kappa shape index (κ1) is 20.5. The molecule has 0 aliphatic carbocycles. The molecule has 1 atom stereocenters. The minimum atomic E-state index is -0.621. The molecule has 0 N–H and O–H groups in total. The number of non-ortho nitro benzene ring substituents is 1. The minimum absolute atomic E-state index is 0.0469. The Kier molecular flexibility index (Phi) is 5.39. The molecule has 156 valence electrons.